The number of benzene rings is 1. The van der Waals surface area contributed by atoms with Gasteiger partial charge in [-0.05, 0) is 36.4 Å². The summed E-state index contributed by atoms with van der Waals surface area (Å²) >= 11 is 0. The lowest BCUT2D eigenvalue weighted by Crippen LogP contribution is -2.19. The molecule has 3 aromatic heterocycles. The van der Waals surface area contributed by atoms with E-state index in [1.807, 2.05) is 12.1 Å². The van der Waals surface area contributed by atoms with Crippen LogP contribution in [0.1, 0.15) is 0 Å². The molecule has 0 N–H and O–H groups in total. The van der Waals surface area contributed by atoms with Crippen LogP contribution in [0.15, 0.2) is 76.2 Å². The van der Waals surface area contributed by atoms with Crippen molar-refractivity contribution in [3.05, 3.63) is 77.3 Å². The van der Waals surface area contributed by atoms with Crippen LogP contribution in [0.4, 0.5) is 0 Å². The van der Waals surface area contributed by atoms with Gasteiger partial charge >= 0.3 is 0 Å². The molecule has 0 fully saturated rings. The Morgan fingerprint density at radius 3 is 2.54 bits per heavy atom. The van der Waals surface area contributed by atoms with E-state index in [2.05, 4.69) is 9.97 Å². The van der Waals surface area contributed by atoms with Gasteiger partial charge in [0.25, 0.3) is 5.56 Å². The largest absolute Gasteiger partial charge is 0.493 e. The van der Waals surface area contributed by atoms with Gasteiger partial charge in [-0.1, -0.05) is 12.1 Å². The standard InChI is InChI=1S/C21H17N3O4/c1-26-16-10-9-14(12-17(16)27-2)18-13-23-21(28-18)15-6-5-8-20(25)24(15)19-7-3-4-11-22-19/h3-13H,1-2H3. The van der Waals surface area contributed by atoms with E-state index < -0.39 is 0 Å². The molecule has 0 aliphatic heterocycles. The number of hydrogen-bond donors (Lipinski definition) is 0. The van der Waals surface area contributed by atoms with Crippen LogP contribution in [0.2, 0.25) is 0 Å². The van der Waals surface area contributed by atoms with Gasteiger partial charge in [0.05, 0.1) is 20.4 Å². The molecule has 4 aromatic rings. The fourth-order valence-corrected chi connectivity index (χ4v) is 2.89. The van der Waals surface area contributed by atoms with Gasteiger partial charge in [-0.15, -0.1) is 0 Å². The number of ether oxygens (including phenoxy) is 2. The van der Waals surface area contributed by atoms with E-state index in [1.54, 1.807) is 63.0 Å². The average molecular weight is 375 g/mol. The van der Waals surface area contributed by atoms with Crippen LogP contribution in [0.5, 0.6) is 11.5 Å². The minimum absolute atomic E-state index is 0.220. The van der Waals surface area contributed by atoms with E-state index in [0.717, 1.165) is 5.56 Å². The molecule has 0 atom stereocenters. The van der Waals surface area contributed by atoms with E-state index in [0.29, 0.717) is 34.7 Å². The highest BCUT2D eigenvalue weighted by molar-refractivity contribution is 5.64. The van der Waals surface area contributed by atoms with Crippen LogP contribution >= 0.6 is 0 Å². The fourth-order valence-electron chi connectivity index (χ4n) is 2.89. The van der Waals surface area contributed by atoms with Crippen LogP contribution in [-0.4, -0.2) is 28.8 Å². The number of oxazole rings is 1. The third kappa shape index (κ3) is 3.14. The number of rotatable bonds is 5. The van der Waals surface area contributed by atoms with Gasteiger partial charge in [0.2, 0.25) is 5.89 Å². The van der Waals surface area contributed by atoms with Gasteiger partial charge in [-0.2, -0.15) is 0 Å². The summed E-state index contributed by atoms with van der Waals surface area (Å²) in [6.07, 6.45) is 3.24. The van der Waals surface area contributed by atoms with Crippen molar-refractivity contribution in [1.82, 2.24) is 14.5 Å². The van der Waals surface area contributed by atoms with Crippen molar-refractivity contribution in [2.75, 3.05) is 14.2 Å². The molecule has 7 heteroatoms. The summed E-state index contributed by atoms with van der Waals surface area (Å²) in [5.41, 5.74) is 1.07. The first-order chi connectivity index (χ1) is 13.7. The quantitative estimate of drug-likeness (QED) is 0.531. The zero-order valence-corrected chi connectivity index (χ0v) is 15.3. The van der Waals surface area contributed by atoms with Crippen molar-refractivity contribution in [2.45, 2.75) is 0 Å². The molecule has 0 saturated carbocycles. The minimum atomic E-state index is -0.220. The fraction of sp³-hybridized carbons (Fsp3) is 0.0952. The second-order valence-corrected chi connectivity index (χ2v) is 5.87. The molecular weight excluding hydrogens is 358 g/mol. The number of methoxy groups -OCH3 is 2. The van der Waals surface area contributed by atoms with Gasteiger partial charge in [0.15, 0.2) is 17.3 Å². The molecule has 0 spiro atoms. The summed E-state index contributed by atoms with van der Waals surface area (Å²) in [5.74, 6) is 2.56. The average Bonchev–Trinajstić information content (AvgIpc) is 3.24. The lowest BCUT2D eigenvalue weighted by molar-refractivity contribution is 0.355. The third-order valence-electron chi connectivity index (χ3n) is 4.23. The second kappa shape index (κ2) is 7.40. The maximum absolute atomic E-state index is 12.5. The number of nitrogens with zero attached hydrogens (tertiary/aromatic N) is 3. The van der Waals surface area contributed by atoms with Gasteiger partial charge in [-0.25, -0.2) is 9.97 Å². The molecule has 0 aliphatic carbocycles. The molecule has 0 bridgehead atoms. The Morgan fingerprint density at radius 2 is 1.79 bits per heavy atom. The minimum Gasteiger partial charge on any atom is -0.493 e. The summed E-state index contributed by atoms with van der Waals surface area (Å²) in [7, 11) is 3.15. The molecule has 0 aliphatic rings. The van der Waals surface area contributed by atoms with Crippen LogP contribution in [-0.2, 0) is 0 Å². The third-order valence-corrected chi connectivity index (χ3v) is 4.23. The molecule has 0 amide bonds. The molecule has 4 rings (SSSR count). The maximum Gasteiger partial charge on any atom is 0.256 e. The molecule has 7 nitrogen and oxygen atoms in total. The van der Waals surface area contributed by atoms with Crippen LogP contribution in [0.3, 0.4) is 0 Å². The van der Waals surface area contributed by atoms with Gasteiger partial charge < -0.3 is 13.9 Å². The molecule has 0 unspecified atom stereocenters. The van der Waals surface area contributed by atoms with Gasteiger partial charge in [0, 0.05) is 17.8 Å². The van der Waals surface area contributed by atoms with E-state index in [-0.39, 0.29) is 5.56 Å². The predicted molar refractivity (Wildman–Crippen MR) is 104 cm³/mol. The summed E-state index contributed by atoms with van der Waals surface area (Å²) in [5, 5.41) is 0. The summed E-state index contributed by atoms with van der Waals surface area (Å²) in [4.78, 5) is 21.1. The molecule has 1 aromatic carbocycles. The maximum atomic E-state index is 12.5. The van der Waals surface area contributed by atoms with Crippen LogP contribution in [0.25, 0.3) is 28.7 Å². The zero-order valence-electron chi connectivity index (χ0n) is 15.3. The summed E-state index contributed by atoms with van der Waals surface area (Å²) in [6, 6.07) is 15.7. The topological polar surface area (TPSA) is 79.4 Å². The van der Waals surface area contributed by atoms with Crippen molar-refractivity contribution < 1.29 is 13.9 Å². The Hall–Kier alpha value is -3.87. The molecule has 0 radical (unpaired) electrons. The zero-order chi connectivity index (χ0) is 19.5. The van der Waals surface area contributed by atoms with Crippen LogP contribution in [0, 0.1) is 0 Å². The predicted octanol–water partition coefficient (Wildman–Crippen LogP) is 3.57. The monoisotopic (exact) mass is 375 g/mol. The molecule has 0 saturated heterocycles. The molecule has 140 valence electrons. The summed E-state index contributed by atoms with van der Waals surface area (Å²) in [6.45, 7) is 0. The molecular formula is C21H17N3O4. The molecule has 3 heterocycles. The number of pyridine rings is 2. The first kappa shape index (κ1) is 17.5. The normalized spacial score (nSPS) is 10.6. The highest BCUT2D eigenvalue weighted by Gasteiger charge is 2.16. The first-order valence-corrected chi connectivity index (χ1v) is 8.53. The van der Waals surface area contributed by atoms with Crippen molar-refractivity contribution in [1.29, 1.82) is 0 Å². The first-order valence-electron chi connectivity index (χ1n) is 8.53. The van der Waals surface area contributed by atoms with E-state index in [1.165, 1.54) is 10.6 Å². The van der Waals surface area contributed by atoms with Crippen molar-refractivity contribution in [2.24, 2.45) is 0 Å². The van der Waals surface area contributed by atoms with E-state index in [4.69, 9.17) is 13.9 Å². The Morgan fingerprint density at radius 1 is 0.929 bits per heavy atom. The lowest BCUT2D eigenvalue weighted by Gasteiger charge is -2.09. The highest BCUT2D eigenvalue weighted by Crippen LogP contribution is 2.33. The second-order valence-electron chi connectivity index (χ2n) is 5.87. The van der Waals surface area contributed by atoms with Crippen molar-refractivity contribution in [3.63, 3.8) is 0 Å². The molecule has 28 heavy (non-hydrogen) atoms. The van der Waals surface area contributed by atoms with Crippen LogP contribution < -0.4 is 15.0 Å². The Balaban J connectivity index is 1.79. The van der Waals surface area contributed by atoms with Crippen molar-refractivity contribution in [3.8, 4) is 40.2 Å². The van der Waals surface area contributed by atoms with Gasteiger partial charge in [-0.3, -0.25) is 9.36 Å². The lowest BCUT2D eigenvalue weighted by atomic mass is 10.1. The highest BCUT2D eigenvalue weighted by atomic mass is 16.5. The Labute approximate surface area is 160 Å². The van der Waals surface area contributed by atoms with Gasteiger partial charge in [0.1, 0.15) is 11.5 Å². The Kier molecular flexibility index (Phi) is 4.63. The van der Waals surface area contributed by atoms with E-state index >= 15 is 0 Å². The summed E-state index contributed by atoms with van der Waals surface area (Å²) < 4.78 is 18.0. The smallest absolute Gasteiger partial charge is 0.256 e. The number of hydrogen-bond acceptors (Lipinski definition) is 6. The SMILES string of the molecule is COc1ccc(-c2cnc(-c3cccc(=O)n3-c3ccccn3)o2)cc1OC. The number of aromatic nitrogens is 3. The van der Waals surface area contributed by atoms with Crippen molar-refractivity contribution >= 4 is 0 Å². The Bertz CT molecular complexity index is 1170. The van der Waals surface area contributed by atoms with E-state index in [9.17, 15) is 4.79 Å².